The average molecular weight is 408 g/mol. The van der Waals surface area contributed by atoms with Crippen LogP contribution in [0, 0.1) is 18.3 Å². The molecule has 29 heavy (non-hydrogen) atoms. The molecular formula is C21H20N4O3S. The first kappa shape index (κ1) is 19.3. The lowest BCUT2D eigenvalue weighted by Gasteiger charge is -2.36. The Bertz CT molecular complexity index is 1180. The lowest BCUT2D eigenvalue weighted by molar-refractivity contribution is 0.0694. The number of nitriles is 1. The lowest BCUT2D eigenvalue weighted by atomic mass is 9.80. The molecule has 4 heterocycles. The number of nitrogens with zero attached hydrogens (tertiary/aromatic N) is 4. The summed E-state index contributed by atoms with van der Waals surface area (Å²) in [7, 11) is 0. The molecule has 1 aliphatic rings. The fraction of sp³-hybridized carbons (Fsp3) is 0.333. The molecule has 0 aromatic carbocycles. The predicted octanol–water partition coefficient (Wildman–Crippen LogP) is 2.82. The number of carboxylic acids is 1. The first-order valence-corrected chi connectivity index (χ1v) is 10.2. The second-order valence-corrected chi connectivity index (χ2v) is 8.63. The smallest absolute Gasteiger partial charge is 0.341 e. The number of aromatic nitrogens is 2. The molecule has 4 rings (SSSR count). The lowest BCUT2D eigenvalue weighted by Crippen LogP contribution is -2.41. The van der Waals surface area contributed by atoms with Gasteiger partial charge in [0.05, 0.1) is 11.6 Å². The van der Waals surface area contributed by atoms with Crippen molar-refractivity contribution < 1.29 is 9.90 Å². The highest BCUT2D eigenvalue weighted by Crippen LogP contribution is 2.37. The fourth-order valence-electron chi connectivity index (χ4n) is 3.88. The van der Waals surface area contributed by atoms with Gasteiger partial charge in [0.1, 0.15) is 16.0 Å². The Morgan fingerprint density at radius 3 is 2.76 bits per heavy atom. The summed E-state index contributed by atoms with van der Waals surface area (Å²) in [6, 6.07) is 9.34. The number of hydrogen-bond acceptors (Lipinski definition) is 6. The molecule has 148 valence electrons. The fourth-order valence-corrected chi connectivity index (χ4v) is 4.85. The second-order valence-electron chi connectivity index (χ2n) is 7.40. The molecule has 3 aromatic heterocycles. The molecule has 1 fully saturated rings. The number of hydrogen-bond donors (Lipinski definition) is 1. The highest BCUT2D eigenvalue weighted by atomic mass is 32.1. The van der Waals surface area contributed by atoms with Crippen LogP contribution in [0.1, 0.15) is 38.6 Å². The summed E-state index contributed by atoms with van der Waals surface area (Å²) in [5.41, 5.74) is 0.174. The summed E-state index contributed by atoms with van der Waals surface area (Å²) in [4.78, 5) is 31.7. The average Bonchev–Trinajstić information content (AvgIpc) is 3.17. The molecule has 0 atom stereocenters. The highest BCUT2D eigenvalue weighted by Gasteiger charge is 2.39. The van der Waals surface area contributed by atoms with Gasteiger partial charge in [-0.05, 0) is 43.5 Å². The predicted molar refractivity (Wildman–Crippen MR) is 109 cm³/mol. The SMILES string of the molecule is Cc1cnc(C2(C#N)CCN(Cc3cc(C(=O)O)c(=O)n4ccccc34)CC2)s1. The van der Waals surface area contributed by atoms with E-state index in [9.17, 15) is 20.0 Å². The maximum atomic E-state index is 12.4. The highest BCUT2D eigenvalue weighted by molar-refractivity contribution is 7.11. The molecule has 0 unspecified atom stereocenters. The van der Waals surface area contributed by atoms with E-state index < -0.39 is 16.9 Å². The number of aryl methyl sites for hydroxylation is 1. The van der Waals surface area contributed by atoms with E-state index in [1.807, 2.05) is 25.3 Å². The van der Waals surface area contributed by atoms with Crippen molar-refractivity contribution >= 4 is 22.8 Å². The van der Waals surface area contributed by atoms with Crippen molar-refractivity contribution in [3.05, 3.63) is 68.0 Å². The molecule has 7 nitrogen and oxygen atoms in total. The van der Waals surface area contributed by atoms with Crippen LogP contribution in [-0.2, 0) is 12.0 Å². The molecule has 1 saturated heterocycles. The quantitative estimate of drug-likeness (QED) is 0.713. The molecule has 0 radical (unpaired) electrons. The van der Waals surface area contributed by atoms with E-state index in [4.69, 9.17) is 0 Å². The van der Waals surface area contributed by atoms with Crippen LogP contribution in [0.5, 0.6) is 0 Å². The molecule has 8 heteroatoms. The Morgan fingerprint density at radius 2 is 2.14 bits per heavy atom. The van der Waals surface area contributed by atoms with Gasteiger partial charge in [-0.1, -0.05) is 6.07 Å². The molecule has 0 spiro atoms. The van der Waals surface area contributed by atoms with Gasteiger partial charge in [-0.15, -0.1) is 11.3 Å². The Morgan fingerprint density at radius 1 is 1.38 bits per heavy atom. The maximum Gasteiger partial charge on any atom is 0.341 e. The zero-order valence-electron chi connectivity index (χ0n) is 16.0. The van der Waals surface area contributed by atoms with Crippen LogP contribution in [0.25, 0.3) is 5.52 Å². The minimum Gasteiger partial charge on any atom is -0.477 e. The van der Waals surface area contributed by atoms with Gasteiger partial charge in [0.25, 0.3) is 5.56 Å². The van der Waals surface area contributed by atoms with Gasteiger partial charge < -0.3 is 5.11 Å². The zero-order valence-corrected chi connectivity index (χ0v) is 16.8. The van der Waals surface area contributed by atoms with Crippen molar-refractivity contribution in [2.45, 2.75) is 31.7 Å². The van der Waals surface area contributed by atoms with Crippen LogP contribution >= 0.6 is 11.3 Å². The van der Waals surface area contributed by atoms with E-state index in [1.165, 1.54) is 10.5 Å². The minimum absolute atomic E-state index is 0.231. The standard InChI is InChI=1S/C21H20N4O3S/c1-14-11-23-20(29-14)21(13-22)5-8-24(9-6-21)12-15-10-16(19(27)28)18(26)25-7-3-2-4-17(15)25/h2-4,7,10-11H,5-6,8-9,12H2,1H3,(H,27,28). The molecule has 0 bridgehead atoms. The third-order valence-corrected chi connectivity index (χ3v) is 6.65. The largest absolute Gasteiger partial charge is 0.477 e. The number of carbonyl (C=O) groups is 1. The number of piperidine rings is 1. The van der Waals surface area contributed by atoms with E-state index in [2.05, 4.69) is 16.0 Å². The molecule has 0 amide bonds. The van der Waals surface area contributed by atoms with Gasteiger partial charge in [-0.2, -0.15) is 5.26 Å². The number of pyridine rings is 2. The Balaban J connectivity index is 1.61. The van der Waals surface area contributed by atoms with Crippen molar-refractivity contribution in [2.24, 2.45) is 0 Å². The topological polar surface area (TPSA) is 98.7 Å². The Kier molecular flexibility index (Phi) is 4.94. The second kappa shape index (κ2) is 7.43. The van der Waals surface area contributed by atoms with Crippen LogP contribution < -0.4 is 5.56 Å². The number of rotatable bonds is 4. The summed E-state index contributed by atoms with van der Waals surface area (Å²) in [6.07, 6.45) is 4.75. The van der Waals surface area contributed by atoms with Crippen molar-refractivity contribution in [1.29, 1.82) is 5.26 Å². The van der Waals surface area contributed by atoms with Crippen LogP contribution in [0.4, 0.5) is 0 Å². The third-order valence-electron chi connectivity index (χ3n) is 5.54. The zero-order chi connectivity index (χ0) is 20.6. The van der Waals surface area contributed by atoms with Gasteiger partial charge in [-0.3, -0.25) is 14.1 Å². The Hall–Kier alpha value is -3.02. The molecule has 3 aromatic rings. The van der Waals surface area contributed by atoms with Gasteiger partial charge in [0.15, 0.2) is 0 Å². The summed E-state index contributed by atoms with van der Waals surface area (Å²) in [6.45, 7) is 3.91. The molecular weight excluding hydrogens is 388 g/mol. The van der Waals surface area contributed by atoms with Crippen molar-refractivity contribution in [3.8, 4) is 6.07 Å². The first-order valence-electron chi connectivity index (χ1n) is 9.36. The van der Waals surface area contributed by atoms with E-state index >= 15 is 0 Å². The van der Waals surface area contributed by atoms with Gasteiger partial charge in [0, 0.05) is 36.9 Å². The van der Waals surface area contributed by atoms with Gasteiger partial charge >= 0.3 is 5.97 Å². The summed E-state index contributed by atoms with van der Waals surface area (Å²) in [5.74, 6) is -1.23. The van der Waals surface area contributed by atoms with E-state index in [0.717, 1.165) is 15.4 Å². The van der Waals surface area contributed by atoms with Gasteiger partial charge in [-0.25, -0.2) is 9.78 Å². The molecule has 1 N–H and O–H groups in total. The first-order chi connectivity index (χ1) is 13.9. The number of likely N-dealkylation sites (tertiary alicyclic amines) is 1. The monoisotopic (exact) mass is 408 g/mol. The number of aromatic carboxylic acids is 1. The van der Waals surface area contributed by atoms with Crippen LogP contribution in [0.2, 0.25) is 0 Å². The van der Waals surface area contributed by atoms with Crippen molar-refractivity contribution in [1.82, 2.24) is 14.3 Å². The maximum absolute atomic E-state index is 12.4. The van der Waals surface area contributed by atoms with Crippen molar-refractivity contribution in [3.63, 3.8) is 0 Å². The molecule has 1 aliphatic heterocycles. The van der Waals surface area contributed by atoms with Crippen LogP contribution in [0.3, 0.4) is 0 Å². The van der Waals surface area contributed by atoms with Crippen LogP contribution in [-0.4, -0.2) is 38.4 Å². The van der Waals surface area contributed by atoms with E-state index in [-0.39, 0.29) is 5.56 Å². The molecule has 0 saturated carbocycles. The number of fused-ring (bicyclic) bond motifs is 1. The minimum atomic E-state index is -1.23. The van der Waals surface area contributed by atoms with E-state index in [1.54, 1.807) is 23.6 Å². The number of thiazole rings is 1. The molecule has 0 aliphatic carbocycles. The third kappa shape index (κ3) is 3.43. The van der Waals surface area contributed by atoms with Gasteiger partial charge in [0.2, 0.25) is 0 Å². The van der Waals surface area contributed by atoms with E-state index in [0.29, 0.717) is 38.0 Å². The Labute approximate surface area is 171 Å². The van der Waals surface area contributed by atoms with Crippen molar-refractivity contribution in [2.75, 3.05) is 13.1 Å². The summed E-state index contributed by atoms with van der Waals surface area (Å²) >= 11 is 1.58. The summed E-state index contributed by atoms with van der Waals surface area (Å²) < 4.78 is 1.39. The number of carboxylic acid groups (broad SMARTS) is 1. The normalized spacial score (nSPS) is 16.6. The summed E-state index contributed by atoms with van der Waals surface area (Å²) in [5, 5.41) is 20.1. The van der Waals surface area contributed by atoms with Crippen LogP contribution in [0.15, 0.2) is 41.5 Å².